The number of rotatable bonds is 9. The lowest BCUT2D eigenvalue weighted by Crippen LogP contribution is -2.34. The first kappa shape index (κ1) is 25.4. The zero-order chi connectivity index (χ0) is 24.7. The van der Waals surface area contributed by atoms with Gasteiger partial charge in [0, 0.05) is 25.6 Å². The van der Waals surface area contributed by atoms with Gasteiger partial charge in [-0.05, 0) is 41.0 Å². The Kier molecular flexibility index (Phi) is 8.41. The third-order valence-corrected chi connectivity index (χ3v) is 5.79. The van der Waals surface area contributed by atoms with E-state index < -0.39 is 0 Å². The van der Waals surface area contributed by atoms with Crippen LogP contribution in [0.4, 0.5) is 0 Å². The SMILES string of the molecule is CCCCc1nc(COC)n(CC(C)(C)C)c(=O)c1Cc1ccc(-c2ccccc2C#N)cc1. The number of hydrogen-bond donors (Lipinski definition) is 0. The zero-order valence-electron chi connectivity index (χ0n) is 21.0. The fourth-order valence-corrected chi connectivity index (χ4v) is 4.13. The Hall–Kier alpha value is -3.23. The summed E-state index contributed by atoms with van der Waals surface area (Å²) in [6, 6.07) is 18.0. The van der Waals surface area contributed by atoms with Crippen molar-refractivity contribution in [2.75, 3.05) is 7.11 Å². The Morgan fingerprint density at radius 2 is 1.79 bits per heavy atom. The Balaban J connectivity index is 2.03. The van der Waals surface area contributed by atoms with Crippen molar-refractivity contribution in [3.05, 3.63) is 87.1 Å². The molecule has 0 radical (unpaired) electrons. The average molecular weight is 458 g/mol. The molecule has 0 saturated heterocycles. The number of aromatic nitrogens is 2. The molecular formula is C29H35N3O2. The quantitative estimate of drug-likeness (QED) is 0.401. The maximum atomic E-state index is 13.7. The highest BCUT2D eigenvalue weighted by atomic mass is 16.5. The minimum absolute atomic E-state index is 0.0296. The van der Waals surface area contributed by atoms with Crippen molar-refractivity contribution in [1.29, 1.82) is 5.26 Å². The van der Waals surface area contributed by atoms with Crippen LogP contribution < -0.4 is 5.56 Å². The monoisotopic (exact) mass is 457 g/mol. The average Bonchev–Trinajstić information content (AvgIpc) is 2.82. The number of aryl methyl sites for hydroxylation is 1. The lowest BCUT2D eigenvalue weighted by molar-refractivity contribution is 0.168. The summed E-state index contributed by atoms with van der Waals surface area (Å²) in [6.07, 6.45) is 3.34. The molecule has 178 valence electrons. The standard InChI is InChI=1S/C29H35N3O2/c1-6-7-12-26-25(28(33)32(20-29(2,3)4)27(31-26)19-34-5)17-21-13-15-22(16-14-21)24-11-9-8-10-23(24)18-30/h8-11,13-16H,6-7,12,17,19-20H2,1-5H3. The predicted molar refractivity (Wildman–Crippen MR) is 137 cm³/mol. The van der Waals surface area contributed by atoms with Gasteiger partial charge in [0.15, 0.2) is 0 Å². The molecule has 0 bridgehead atoms. The molecule has 1 aromatic heterocycles. The largest absolute Gasteiger partial charge is 0.377 e. The van der Waals surface area contributed by atoms with Crippen LogP contribution >= 0.6 is 0 Å². The third kappa shape index (κ3) is 6.21. The molecule has 3 rings (SSSR count). The molecular weight excluding hydrogens is 422 g/mol. The number of methoxy groups -OCH3 is 1. The highest BCUT2D eigenvalue weighted by molar-refractivity contribution is 5.70. The molecule has 0 aliphatic rings. The summed E-state index contributed by atoms with van der Waals surface area (Å²) in [5.41, 5.74) is 5.22. The molecule has 0 N–H and O–H groups in total. The lowest BCUT2D eigenvalue weighted by Gasteiger charge is -2.24. The molecule has 0 unspecified atom stereocenters. The van der Waals surface area contributed by atoms with Crippen LogP contribution in [0.3, 0.4) is 0 Å². The van der Waals surface area contributed by atoms with E-state index in [0.29, 0.717) is 31.0 Å². The molecule has 0 aliphatic heterocycles. The summed E-state index contributed by atoms with van der Waals surface area (Å²) >= 11 is 0. The van der Waals surface area contributed by atoms with Crippen LogP contribution in [0.5, 0.6) is 0 Å². The Morgan fingerprint density at radius 1 is 1.09 bits per heavy atom. The van der Waals surface area contributed by atoms with Gasteiger partial charge in [-0.1, -0.05) is 76.6 Å². The van der Waals surface area contributed by atoms with Crippen LogP contribution in [0.25, 0.3) is 11.1 Å². The molecule has 0 amide bonds. The van der Waals surface area contributed by atoms with Gasteiger partial charge in [-0.25, -0.2) is 4.98 Å². The van der Waals surface area contributed by atoms with Gasteiger partial charge < -0.3 is 4.74 Å². The van der Waals surface area contributed by atoms with E-state index in [1.807, 2.05) is 48.5 Å². The molecule has 0 atom stereocenters. The van der Waals surface area contributed by atoms with E-state index in [1.165, 1.54) is 0 Å². The smallest absolute Gasteiger partial charge is 0.257 e. The van der Waals surface area contributed by atoms with Gasteiger partial charge in [0.25, 0.3) is 5.56 Å². The van der Waals surface area contributed by atoms with Crippen molar-refractivity contribution in [3.63, 3.8) is 0 Å². The van der Waals surface area contributed by atoms with Crippen molar-refractivity contribution in [1.82, 2.24) is 9.55 Å². The van der Waals surface area contributed by atoms with Crippen molar-refractivity contribution in [2.24, 2.45) is 5.41 Å². The summed E-state index contributed by atoms with van der Waals surface area (Å²) in [5, 5.41) is 9.43. The van der Waals surface area contributed by atoms with E-state index in [0.717, 1.165) is 47.2 Å². The van der Waals surface area contributed by atoms with Gasteiger partial charge in [-0.2, -0.15) is 5.26 Å². The predicted octanol–water partition coefficient (Wildman–Crippen LogP) is 5.91. The fourth-order valence-electron chi connectivity index (χ4n) is 4.13. The second kappa shape index (κ2) is 11.3. The van der Waals surface area contributed by atoms with Crippen LogP contribution in [0.1, 0.15) is 68.7 Å². The van der Waals surface area contributed by atoms with E-state index in [9.17, 15) is 10.1 Å². The molecule has 1 heterocycles. The van der Waals surface area contributed by atoms with Gasteiger partial charge in [0.1, 0.15) is 12.4 Å². The topological polar surface area (TPSA) is 67.9 Å². The highest BCUT2D eigenvalue weighted by Crippen LogP contribution is 2.25. The fraction of sp³-hybridized carbons (Fsp3) is 0.414. The third-order valence-electron chi connectivity index (χ3n) is 5.79. The normalized spacial score (nSPS) is 11.4. The maximum Gasteiger partial charge on any atom is 0.257 e. The van der Waals surface area contributed by atoms with Gasteiger partial charge in [0.2, 0.25) is 0 Å². The van der Waals surface area contributed by atoms with Gasteiger partial charge in [-0.3, -0.25) is 9.36 Å². The first-order valence-electron chi connectivity index (χ1n) is 12.0. The molecule has 5 heteroatoms. The Bertz CT molecular complexity index is 1210. The number of nitriles is 1. The molecule has 0 aliphatic carbocycles. The second-order valence-corrected chi connectivity index (χ2v) is 9.97. The van der Waals surface area contributed by atoms with Crippen LogP contribution in [-0.4, -0.2) is 16.7 Å². The number of benzene rings is 2. The van der Waals surface area contributed by atoms with Crippen LogP contribution in [-0.2, 0) is 30.7 Å². The van der Waals surface area contributed by atoms with E-state index >= 15 is 0 Å². The van der Waals surface area contributed by atoms with E-state index in [-0.39, 0.29) is 11.0 Å². The summed E-state index contributed by atoms with van der Waals surface area (Å²) in [7, 11) is 1.64. The van der Waals surface area contributed by atoms with E-state index in [2.05, 4.69) is 33.8 Å². The summed E-state index contributed by atoms with van der Waals surface area (Å²) in [5.74, 6) is 0.695. The first-order chi connectivity index (χ1) is 16.3. The molecule has 0 fully saturated rings. The van der Waals surface area contributed by atoms with Crippen molar-refractivity contribution >= 4 is 0 Å². The minimum atomic E-state index is -0.0635. The maximum absolute atomic E-state index is 13.7. The number of hydrogen-bond acceptors (Lipinski definition) is 4. The molecule has 0 saturated carbocycles. The van der Waals surface area contributed by atoms with Crippen LogP contribution in [0.2, 0.25) is 0 Å². The van der Waals surface area contributed by atoms with Gasteiger partial charge in [-0.15, -0.1) is 0 Å². The Morgan fingerprint density at radius 3 is 2.41 bits per heavy atom. The molecule has 0 spiro atoms. The lowest BCUT2D eigenvalue weighted by atomic mass is 9.95. The van der Waals surface area contributed by atoms with Crippen molar-refractivity contribution in [3.8, 4) is 17.2 Å². The highest BCUT2D eigenvalue weighted by Gasteiger charge is 2.21. The summed E-state index contributed by atoms with van der Waals surface area (Å²) in [6.45, 7) is 9.42. The zero-order valence-corrected chi connectivity index (χ0v) is 21.0. The van der Waals surface area contributed by atoms with Crippen LogP contribution in [0.15, 0.2) is 53.3 Å². The van der Waals surface area contributed by atoms with Crippen molar-refractivity contribution < 1.29 is 4.74 Å². The van der Waals surface area contributed by atoms with E-state index in [4.69, 9.17) is 9.72 Å². The van der Waals surface area contributed by atoms with Gasteiger partial charge in [0.05, 0.1) is 17.3 Å². The summed E-state index contributed by atoms with van der Waals surface area (Å²) in [4.78, 5) is 18.7. The molecule has 2 aromatic carbocycles. The number of unbranched alkanes of at least 4 members (excludes halogenated alkanes) is 1. The molecule has 34 heavy (non-hydrogen) atoms. The van der Waals surface area contributed by atoms with Gasteiger partial charge >= 0.3 is 0 Å². The summed E-state index contributed by atoms with van der Waals surface area (Å²) < 4.78 is 7.18. The minimum Gasteiger partial charge on any atom is -0.377 e. The second-order valence-electron chi connectivity index (χ2n) is 9.97. The van der Waals surface area contributed by atoms with Crippen LogP contribution in [0, 0.1) is 16.7 Å². The first-order valence-corrected chi connectivity index (χ1v) is 12.0. The van der Waals surface area contributed by atoms with Crippen molar-refractivity contribution in [2.45, 2.75) is 66.5 Å². The molecule has 3 aromatic rings. The Labute approximate surface area is 203 Å². The molecule has 5 nitrogen and oxygen atoms in total. The van der Waals surface area contributed by atoms with E-state index in [1.54, 1.807) is 11.7 Å². The number of nitrogens with zero attached hydrogens (tertiary/aromatic N) is 3. The number of ether oxygens (including phenoxy) is 1.